The van der Waals surface area contributed by atoms with Crippen molar-refractivity contribution in [2.24, 2.45) is 4.99 Å². The van der Waals surface area contributed by atoms with Gasteiger partial charge in [0.1, 0.15) is 11.6 Å². The highest BCUT2D eigenvalue weighted by molar-refractivity contribution is 14.0. The van der Waals surface area contributed by atoms with Gasteiger partial charge in [-0.05, 0) is 37.6 Å². The summed E-state index contributed by atoms with van der Waals surface area (Å²) in [5.74, 6) is 2.25. The molecule has 0 unspecified atom stereocenters. The predicted molar refractivity (Wildman–Crippen MR) is 135 cm³/mol. The first-order chi connectivity index (χ1) is 14.2. The molecule has 1 aromatic heterocycles. The predicted octanol–water partition coefficient (Wildman–Crippen LogP) is 3.15. The maximum Gasteiger partial charge on any atom is 0.194 e. The second-order valence-corrected chi connectivity index (χ2v) is 7.06. The molecule has 1 saturated heterocycles. The van der Waals surface area contributed by atoms with Crippen LogP contribution in [0.15, 0.2) is 47.6 Å². The molecule has 1 fully saturated rings. The van der Waals surface area contributed by atoms with E-state index in [1.807, 2.05) is 31.4 Å². The van der Waals surface area contributed by atoms with Crippen LogP contribution in [0.25, 0.3) is 0 Å². The Labute approximate surface area is 196 Å². The van der Waals surface area contributed by atoms with Gasteiger partial charge in [-0.3, -0.25) is 4.99 Å². The second-order valence-electron chi connectivity index (χ2n) is 7.06. The zero-order chi connectivity index (χ0) is 20.6. The Kier molecular flexibility index (Phi) is 9.48. The number of piperazine rings is 1. The summed E-state index contributed by atoms with van der Waals surface area (Å²) >= 11 is 0. The Morgan fingerprint density at radius 3 is 2.37 bits per heavy atom. The molecule has 7 nitrogen and oxygen atoms in total. The highest BCUT2D eigenvalue weighted by Gasteiger charge is 2.21. The van der Waals surface area contributed by atoms with Crippen LogP contribution in [0, 0.1) is 0 Å². The summed E-state index contributed by atoms with van der Waals surface area (Å²) in [6.45, 7) is 10.3. The highest BCUT2D eigenvalue weighted by Crippen LogP contribution is 2.27. The number of phenolic OH excluding ortho intramolecular Hbond substituents is 1. The number of aromatic nitrogens is 1. The minimum absolute atomic E-state index is 0. The van der Waals surface area contributed by atoms with E-state index in [-0.39, 0.29) is 24.0 Å². The third-order valence-corrected chi connectivity index (χ3v) is 5.36. The van der Waals surface area contributed by atoms with Crippen LogP contribution in [0.1, 0.15) is 19.4 Å². The van der Waals surface area contributed by atoms with Crippen molar-refractivity contribution in [1.29, 1.82) is 0 Å². The number of aliphatic imine (C=N–C) groups is 1. The zero-order valence-corrected chi connectivity index (χ0v) is 20.4. The molecule has 0 amide bonds. The molecule has 2 N–H and O–H groups in total. The lowest BCUT2D eigenvalue weighted by Crippen LogP contribution is -2.52. The van der Waals surface area contributed by atoms with E-state index in [0.717, 1.165) is 62.3 Å². The Morgan fingerprint density at radius 1 is 1.10 bits per heavy atom. The molecule has 2 heterocycles. The maximum atomic E-state index is 10.1. The van der Waals surface area contributed by atoms with E-state index in [4.69, 9.17) is 0 Å². The minimum Gasteiger partial charge on any atom is -0.506 e. The standard InChI is InChI=1S/C22H32N6O.HI/c1-4-26(5-2)21-11-10-18(16-24-21)17-25-22(23-3)28-14-12-27(13-15-28)19-8-6-7-9-20(19)29;/h6-11,16,29H,4-5,12-15,17H2,1-3H3,(H,23,25);1H. The number of para-hydroxylation sites is 2. The van der Waals surface area contributed by atoms with Gasteiger partial charge in [-0.25, -0.2) is 4.98 Å². The minimum atomic E-state index is 0. The normalized spacial score (nSPS) is 14.3. The summed E-state index contributed by atoms with van der Waals surface area (Å²) in [7, 11) is 1.82. The summed E-state index contributed by atoms with van der Waals surface area (Å²) < 4.78 is 0. The van der Waals surface area contributed by atoms with E-state index in [9.17, 15) is 5.11 Å². The molecular weight excluding hydrogens is 491 g/mol. The molecule has 0 bridgehead atoms. The number of hydrogen-bond acceptors (Lipinski definition) is 5. The van der Waals surface area contributed by atoms with Crippen LogP contribution in [0.5, 0.6) is 5.75 Å². The number of halogens is 1. The molecule has 1 aliphatic heterocycles. The van der Waals surface area contributed by atoms with Crippen molar-refractivity contribution in [2.45, 2.75) is 20.4 Å². The van der Waals surface area contributed by atoms with Crippen molar-refractivity contribution in [1.82, 2.24) is 15.2 Å². The molecule has 0 atom stereocenters. The lowest BCUT2D eigenvalue weighted by molar-refractivity contribution is 0.369. The van der Waals surface area contributed by atoms with Gasteiger partial charge >= 0.3 is 0 Å². The molecule has 1 aliphatic rings. The van der Waals surface area contributed by atoms with Gasteiger partial charge in [0, 0.05) is 59.1 Å². The van der Waals surface area contributed by atoms with Crippen molar-refractivity contribution < 1.29 is 5.11 Å². The van der Waals surface area contributed by atoms with Crippen LogP contribution in [-0.2, 0) is 6.54 Å². The Hall–Kier alpha value is -2.23. The van der Waals surface area contributed by atoms with Crippen LogP contribution in [0.2, 0.25) is 0 Å². The third kappa shape index (κ3) is 5.90. The van der Waals surface area contributed by atoms with Crippen molar-refractivity contribution >= 4 is 41.4 Å². The Morgan fingerprint density at radius 2 is 1.80 bits per heavy atom. The van der Waals surface area contributed by atoms with Crippen LogP contribution >= 0.6 is 24.0 Å². The van der Waals surface area contributed by atoms with Crippen molar-refractivity contribution in [3.05, 3.63) is 48.2 Å². The summed E-state index contributed by atoms with van der Waals surface area (Å²) in [4.78, 5) is 15.8. The lowest BCUT2D eigenvalue weighted by Gasteiger charge is -2.37. The monoisotopic (exact) mass is 524 g/mol. The van der Waals surface area contributed by atoms with E-state index < -0.39 is 0 Å². The summed E-state index contributed by atoms with van der Waals surface area (Å²) in [5.41, 5.74) is 2.03. The molecule has 0 saturated carbocycles. The van der Waals surface area contributed by atoms with E-state index >= 15 is 0 Å². The van der Waals surface area contributed by atoms with Gasteiger partial charge in [0.2, 0.25) is 0 Å². The first-order valence-electron chi connectivity index (χ1n) is 10.3. The van der Waals surface area contributed by atoms with Gasteiger partial charge in [0.05, 0.1) is 5.69 Å². The number of nitrogens with one attached hydrogen (secondary N) is 1. The molecule has 3 rings (SSSR count). The largest absolute Gasteiger partial charge is 0.506 e. The van der Waals surface area contributed by atoms with Crippen molar-refractivity contribution in [2.75, 3.05) is 56.1 Å². The Bertz CT molecular complexity index is 802. The number of aromatic hydroxyl groups is 1. The lowest BCUT2D eigenvalue weighted by atomic mass is 10.2. The van der Waals surface area contributed by atoms with Crippen molar-refractivity contribution in [3.8, 4) is 5.75 Å². The molecule has 0 radical (unpaired) electrons. The number of guanidine groups is 1. The molecule has 164 valence electrons. The summed E-state index contributed by atoms with van der Waals surface area (Å²) in [6, 6.07) is 11.7. The van der Waals surface area contributed by atoms with Gasteiger partial charge < -0.3 is 25.1 Å². The molecule has 1 aromatic carbocycles. The number of anilines is 2. The number of hydrogen-bond donors (Lipinski definition) is 2. The second kappa shape index (κ2) is 11.8. The van der Waals surface area contributed by atoms with Crippen LogP contribution in [0.3, 0.4) is 0 Å². The van der Waals surface area contributed by atoms with Crippen molar-refractivity contribution in [3.63, 3.8) is 0 Å². The highest BCUT2D eigenvalue weighted by atomic mass is 127. The van der Waals surface area contributed by atoms with Gasteiger partial charge in [-0.15, -0.1) is 24.0 Å². The zero-order valence-electron chi connectivity index (χ0n) is 18.1. The fourth-order valence-electron chi connectivity index (χ4n) is 3.66. The molecular formula is C22H33IN6O. The van der Waals surface area contributed by atoms with Gasteiger partial charge in [-0.2, -0.15) is 0 Å². The number of pyridine rings is 1. The van der Waals surface area contributed by atoms with E-state index in [2.05, 4.69) is 56.0 Å². The van der Waals surface area contributed by atoms with Crippen LogP contribution in [-0.4, -0.2) is 67.3 Å². The van der Waals surface area contributed by atoms with E-state index in [1.165, 1.54) is 0 Å². The topological polar surface area (TPSA) is 67.2 Å². The fraction of sp³-hybridized carbons (Fsp3) is 0.455. The fourth-order valence-corrected chi connectivity index (χ4v) is 3.66. The number of benzene rings is 1. The van der Waals surface area contributed by atoms with Gasteiger partial charge in [0.25, 0.3) is 0 Å². The number of rotatable bonds is 6. The third-order valence-electron chi connectivity index (χ3n) is 5.36. The molecule has 8 heteroatoms. The number of phenols is 1. The number of nitrogens with zero attached hydrogens (tertiary/aromatic N) is 5. The molecule has 30 heavy (non-hydrogen) atoms. The first-order valence-corrected chi connectivity index (χ1v) is 10.3. The van der Waals surface area contributed by atoms with Crippen LogP contribution < -0.4 is 15.1 Å². The average Bonchev–Trinajstić information content (AvgIpc) is 2.77. The molecule has 0 spiro atoms. The smallest absolute Gasteiger partial charge is 0.194 e. The molecule has 2 aromatic rings. The van der Waals surface area contributed by atoms with Crippen LogP contribution in [0.4, 0.5) is 11.5 Å². The van der Waals surface area contributed by atoms with E-state index in [0.29, 0.717) is 12.3 Å². The SMILES string of the molecule is CCN(CC)c1ccc(CNC(=NC)N2CCN(c3ccccc3O)CC2)cn1.I. The van der Waals surface area contributed by atoms with Gasteiger partial charge in [-0.1, -0.05) is 18.2 Å². The maximum absolute atomic E-state index is 10.1. The van der Waals surface area contributed by atoms with E-state index in [1.54, 1.807) is 6.07 Å². The van der Waals surface area contributed by atoms with Gasteiger partial charge in [0.15, 0.2) is 5.96 Å². The first kappa shape index (κ1) is 24.0. The Balaban J connectivity index is 0.00000320. The molecule has 0 aliphatic carbocycles. The quantitative estimate of drug-likeness (QED) is 0.344. The average molecular weight is 524 g/mol. The summed E-state index contributed by atoms with van der Waals surface area (Å²) in [5, 5.41) is 13.5. The summed E-state index contributed by atoms with van der Waals surface area (Å²) in [6.07, 6.45) is 1.93.